The number of hydrogen-bond donors (Lipinski definition) is 1. The maximum absolute atomic E-state index is 10.8. The van der Waals surface area contributed by atoms with Crippen molar-refractivity contribution in [2.45, 2.75) is 0 Å². The summed E-state index contributed by atoms with van der Waals surface area (Å²) >= 11 is 0. The van der Waals surface area contributed by atoms with Gasteiger partial charge in [0.25, 0.3) is 5.88 Å². The van der Waals surface area contributed by atoms with Gasteiger partial charge in [-0.15, -0.1) is 0 Å². The van der Waals surface area contributed by atoms with Gasteiger partial charge in [0.05, 0.1) is 10.5 Å². The van der Waals surface area contributed by atoms with Gasteiger partial charge in [0.15, 0.2) is 0 Å². The van der Waals surface area contributed by atoms with E-state index in [1.54, 1.807) is 0 Å². The summed E-state index contributed by atoms with van der Waals surface area (Å²) in [5, 5.41) is 19.5. The number of aromatic nitrogens is 1. The fourth-order valence-corrected chi connectivity index (χ4v) is 1.12. The SMILES string of the molecule is CN(C)CCOc1ncc(C(=O)O)cc1[N+](=O)[O-]. The third kappa shape index (κ3) is 3.67. The Labute approximate surface area is 103 Å². The molecule has 0 saturated heterocycles. The van der Waals surface area contributed by atoms with Crippen LogP contribution in [-0.2, 0) is 0 Å². The summed E-state index contributed by atoms with van der Waals surface area (Å²) in [5.41, 5.74) is -0.699. The lowest BCUT2D eigenvalue weighted by Gasteiger charge is -2.10. The maximum atomic E-state index is 10.8. The zero-order chi connectivity index (χ0) is 13.7. The number of carbonyl (C=O) groups is 1. The highest BCUT2D eigenvalue weighted by atomic mass is 16.6. The quantitative estimate of drug-likeness (QED) is 0.586. The molecule has 0 fully saturated rings. The molecule has 0 aliphatic carbocycles. The van der Waals surface area contributed by atoms with Crippen LogP contribution in [-0.4, -0.2) is 53.1 Å². The van der Waals surface area contributed by atoms with Crippen LogP contribution in [0.2, 0.25) is 0 Å². The smallest absolute Gasteiger partial charge is 0.337 e. The van der Waals surface area contributed by atoms with Crippen LogP contribution in [0.3, 0.4) is 0 Å². The Balaban J connectivity index is 2.90. The number of ether oxygens (including phenoxy) is 1. The van der Waals surface area contributed by atoms with Gasteiger partial charge in [-0.05, 0) is 14.1 Å². The standard InChI is InChI=1S/C10H13N3O5/c1-12(2)3-4-18-9-8(13(16)17)5-7(6-11-9)10(14)15/h5-6H,3-4H2,1-2H3,(H,14,15). The van der Waals surface area contributed by atoms with E-state index in [0.717, 1.165) is 12.3 Å². The molecule has 1 aromatic rings. The molecular weight excluding hydrogens is 242 g/mol. The van der Waals surface area contributed by atoms with Crippen LogP contribution < -0.4 is 4.74 Å². The zero-order valence-electron chi connectivity index (χ0n) is 9.99. The summed E-state index contributed by atoms with van der Waals surface area (Å²) in [4.78, 5) is 26.2. The Bertz CT molecular complexity index is 461. The normalized spacial score (nSPS) is 10.4. The molecule has 0 aromatic carbocycles. The van der Waals surface area contributed by atoms with E-state index in [1.165, 1.54) is 0 Å². The summed E-state index contributed by atoms with van der Waals surface area (Å²) in [7, 11) is 3.66. The summed E-state index contributed by atoms with van der Waals surface area (Å²) < 4.78 is 5.16. The molecule has 0 radical (unpaired) electrons. The average Bonchev–Trinajstić information content (AvgIpc) is 2.28. The van der Waals surface area contributed by atoms with Crippen molar-refractivity contribution < 1.29 is 19.6 Å². The minimum absolute atomic E-state index is 0.174. The van der Waals surface area contributed by atoms with Crippen molar-refractivity contribution >= 4 is 11.7 Å². The maximum Gasteiger partial charge on any atom is 0.337 e. The molecule has 8 heteroatoms. The van der Waals surface area contributed by atoms with Crippen molar-refractivity contribution in [3.8, 4) is 5.88 Å². The van der Waals surface area contributed by atoms with Gasteiger partial charge in [0, 0.05) is 18.8 Å². The Morgan fingerprint density at radius 2 is 2.28 bits per heavy atom. The van der Waals surface area contributed by atoms with Crippen LogP contribution in [0.5, 0.6) is 5.88 Å². The predicted molar refractivity (Wildman–Crippen MR) is 61.9 cm³/mol. The molecule has 0 saturated carbocycles. The Morgan fingerprint density at radius 3 is 2.78 bits per heavy atom. The van der Waals surface area contributed by atoms with E-state index in [-0.39, 0.29) is 18.1 Å². The molecule has 0 unspecified atom stereocenters. The molecule has 1 rings (SSSR count). The van der Waals surface area contributed by atoms with Crippen molar-refractivity contribution in [3.05, 3.63) is 27.9 Å². The molecule has 0 spiro atoms. The Kier molecular flexibility index (Phi) is 4.55. The number of likely N-dealkylation sites (N-methyl/N-ethyl adjacent to an activating group) is 1. The van der Waals surface area contributed by atoms with Crippen LogP contribution in [0.4, 0.5) is 5.69 Å². The van der Waals surface area contributed by atoms with Crippen molar-refractivity contribution in [2.24, 2.45) is 0 Å². The van der Waals surface area contributed by atoms with Crippen molar-refractivity contribution in [2.75, 3.05) is 27.2 Å². The molecule has 98 valence electrons. The highest BCUT2D eigenvalue weighted by Gasteiger charge is 2.20. The van der Waals surface area contributed by atoms with E-state index < -0.39 is 16.6 Å². The molecule has 0 bridgehead atoms. The lowest BCUT2D eigenvalue weighted by molar-refractivity contribution is -0.386. The molecular formula is C10H13N3O5. The van der Waals surface area contributed by atoms with E-state index in [9.17, 15) is 14.9 Å². The first kappa shape index (κ1) is 13.8. The third-order valence-electron chi connectivity index (χ3n) is 2.05. The number of rotatable bonds is 6. The highest BCUT2D eigenvalue weighted by Crippen LogP contribution is 2.24. The van der Waals surface area contributed by atoms with E-state index in [0.29, 0.717) is 6.54 Å². The third-order valence-corrected chi connectivity index (χ3v) is 2.05. The molecule has 0 aliphatic heterocycles. The van der Waals surface area contributed by atoms with Gasteiger partial charge >= 0.3 is 11.7 Å². The van der Waals surface area contributed by atoms with Crippen LogP contribution in [0.25, 0.3) is 0 Å². The predicted octanol–water partition coefficient (Wildman–Crippen LogP) is 0.628. The minimum atomic E-state index is -1.27. The minimum Gasteiger partial charge on any atom is -0.478 e. The summed E-state index contributed by atoms with van der Waals surface area (Å²) in [6.07, 6.45) is 1.03. The zero-order valence-corrected chi connectivity index (χ0v) is 9.99. The Hall–Kier alpha value is -2.22. The monoisotopic (exact) mass is 255 g/mol. The van der Waals surface area contributed by atoms with E-state index >= 15 is 0 Å². The number of nitro groups is 1. The largest absolute Gasteiger partial charge is 0.478 e. The lowest BCUT2D eigenvalue weighted by atomic mass is 10.2. The second-order valence-electron chi connectivity index (χ2n) is 3.76. The van der Waals surface area contributed by atoms with Crippen molar-refractivity contribution in [1.82, 2.24) is 9.88 Å². The van der Waals surface area contributed by atoms with Crippen molar-refractivity contribution in [3.63, 3.8) is 0 Å². The number of carboxylic acid groups (broad SMARTS) is 1. The van der Waals surface area contributed by atoms with E-state index in [2.05, 4.69) is 4.98 Å². The van der Waals surface area contributed by atoms with Crippen molar-refractivity contribution in [1.29, 1.82) is 0 Å². The molecule has 18 heavy (non-hydrogen) atoms. The topological polar surface area (TPSA) is 106 Å². The van der Waals surface area contributed by atoms with Crippen LogP contribution in [0, 0.1) is 10.1 Å². The number of aromatic carboxylic acids is 1. The van der Waals surface area contributed by atoms with Gasteiger partial charge in [-0.2, -0.15) is 0 Å². The fourth-order valence-electron chi connectivity index (χ4n) is 1.12. The van der Waals surface area contributed by atoms with Crippen LogP contribution in [0.15, 0.2) is 12.3 Å². The van der Waals surface area contributed by atoms with Gasteiger partial charge in [-0.25, -0.2) is 9.78 Å². The Morgan fingerprint density at radius 1 is 1.61 bits per heavy atom. The van der Waals surface area contributed by atoms with Crippen LogP contribution >= 0.6 is 0 Å². The molecule has 8 nitrogen and oxygen atoms in total. The van der Waals surface area contributed by atoms with Crippen LogP contribution in [0.1, 0.15) is 10.4 Å². The molecule has 1 N–H and O–H groups in total. The van der Waals surface area contributed by atoms with Gasteiger partial charge in [0.1, 0.15) is 6.61 Å². The number of pyridine rings is 1. The summed E-state index contributed by atoms with van der Waals surface area (Å²) in [6.45, 7) is 0.798. The van der Waals surface area contributed by atoms with Gasteiger partial charge in [0.2, 0.25) is 0 Å². The lowest BCUT2D eigenvalue weighted by Crippen LogP contribution is -2.20. The average molecular weight is 255 g/mol. The number of nitrogens with zero attached hydrogens (tertiary/aromatic N) is 3. The molecule has 0 aliphatic rings. The summed E-state index contributed by atoms with van der Waals surface area (Å²) in [5.74, 6) is -1.45. The number of hydrogen-bond acceptors (Lipinski definition) is 6. The molecule has 1 aromatic heterocycles. The summed E-state index contributed by atoms with van der Waals surface area (Å²) in [6, 6.07) is 0.931. The van der Waals surface area contributed by atoms with Gasteiger partial charge in [-0.1, -0.05) is 0 Å². The first-order valence-corrected chi connectivity index (χ1v) is 5.07. The van der Waals surface area contributed by atoms with E-state index in [1.807, 2.05) is 19.0 Å². The number of carboxylic acids is 1. The van der Waals surface area contributed by atoms with Gasteiger partial charge < -0.3 is 14.7 Å². The first-order chi connectivity index (χ1) is 8.41. The highest BCUT2D eigenvalue weighted by molar-refractivity contribution is 5.88. The first-order valence-electron chi connectivity index (χ1n) is 5.07. The molecule has 0 amide bonds. The van der Waals surface area contributed by atoms with E-state index in [4.69, 9.17) is 9.84 Å². The molecule has 1 heterocycles. The molecule has 0 atom stereocenters. The van der Waals surface area contributed by atoms with Gasteiger partial charge in [-0.3, -0.25) is 10.1 Å². The fraction of sp³-hybridized carbons (Fsp3) is 0.400. The second-order valence-corrected chi connectivity index (χ2v) is 3.76. The second kappa shape index (κ2) is 5.92.